The second-order valence-corrected chi connectivity index (χ2v) is 8.80. The quantitative estimate of drug-likeness (QED) is 0.441. The van der Waals surface area contributed by atoms with E-state index in [0.717, 1.165) is 45.8 Å². The molecular weight excluding hydrogens is 385 g/mol. The van der Waals surface area contributed by atoms with Crippen molar-refractivity contribution in [1.29, 1.82) is 0 Å². The number of unbranched alkanes of at least 4 members (excludes halogenated alkanes) is 1. The van der Waals surface area contributed by atoms with Crippen molar-refractivity contribution in [3.8, 4) is 0 Å². The molecule has 170 valence electrons. The van der Waals surface area contributed by atoms with Crippen molar-refractivity contribution in [3.63, 3.8) is 0 Å². The molecule has 0 saturated carbocycles. The van der Waals surface area contributed by atoms with Gasteiger partial charge in [0.2, 0.25) is 0 Å². The lowest BCUT2D eigenvalue weighted by atomic mass is 10.0. The third-order valence-electron chi connectivity index (χ3n) is 6.64. The molecule has 0 aliphatic carbocycles. The topological polar surface area (TPSA) is 9.72 Å². The maximum Gasteiger partial charge on any atom is 0.123 e. The Labute approximate surface area is 188 Å². The van der Waals surface area contributed by atoms with Crippen LogP contribution in [0.2, 0.25) is 0 Å². The molecule has 3 rings (SSSR count). The zero-order valence-electron chi connectivity index (χ0n) is 19.7. The van der Waals surface area contributed by atoms with Gasteiger partial charge >= 0.3 is 0 Å². The van der Waals surface area contributed by atoms with Gasteiger partial charge in [-0.1, -0.05) is 37.6 Å². The molecule has 1 fully saturated rings. The summed E-state index contributed by atoms with van der Waals surface area (Å²) in [7, 11) is 0. The van der Waals surface area contributed by atoms with Crippen LogP contribution in [-0.2, 0) is 13.1 Å². The maximum absolute atomic E-state index is 13.3. The minimum absolute atomic E-state index is 0.151. The number of halogens is 1. The van der Waals surface area contributed by atoms with E-state index in [1.165, 1.54) is 42.5 Å². The third kappa shape index (κ3) is 7.05. The van der Waals surface area contributed by atoms with Crippen LogP contribution in [0.15, 0.2) is 48.5 Å². The number of anilines is 1. The van der Waals surface area contributed by atoms with Gasteiger partial charge in [-0.15, -0.1) is 0 Å². The molecule has 31 heavy (non-hydrogen) atoms. The number of piperidine rings is 1. The highest BCUT2D eigenvalue weighted by Gasteiger charge is 2.24. The van der Waals surface area contributed by atoms with Crippen molar-refractivity contribution in [3.05, 3.63) is 65.5 Å². The zero-order chi connectivity index (χ0) is 22.1. The summed E-state index contributed by atoms with van der Waals surface area (Å²) >= 11 is 0. The van der Waals surface area contributed by atoms with Gasteiger partial charge in [0.15, 0.2) is 0 Å². The van der Waals surface area contributed by atoms with Gasteiger partial charge < -0.3 is 4.90 Å². The van der Waals surface area contributed by atoms with Gasteiger partial charge in [0.1, 0.15) is 5.82 Å². The van der Waals surface area contributed by atoms with E-state index in [4.69, 9.17) is 0 Å². The van der Waals surface area contributed by atoms with Gasteiger partial charge in [-0.05, 0) is 88.1 Å². The molecule has 3 nitrogen and oxygen atoms in total. The van der Waals surface area contributed by atoms with Crippen molar-refractivity contribution in [2.24, 2.45) is 0 Å². The summed E-state index contributed by atoms with van der Waals surface area (Å²) in [4.78, 5) is 7.62. The number of rotatable bonds is 11. The summed E-state index contributed by atoms with van der Waals surface area (Å²) in [5.41, 5.74) is 3.94. The standard InChI is InChI=1S/C27H40FN3/c1-4-7-18-31(22-24-8-12-25(28)13-9-24)27-16-19-29(20-17-27)21-23-10-14-26(15-11-23)30(5-2)6-3/h8-15,27H,4-7,16-22H2,1-3H3. The highest BCUT2D eigenvalue weighted by atomic mass is 19.1. The van der Waals surface area contributed by atoms with Crippen LogP contribution in [0.25, 0.3) is 0 Å². The number of hydrogen-bond acceptors (Lipinski definition) is 3. The Kier molecular flexibility index (Phi) is 9.35. The number of benzene rings is 2. The third-order valence-corrected chi connectivity index (χ3v) is 6.64. The van der Waals surface area contributed by atoms with Crippen LogP contribution in [0.5, 0.6) is 0 Å². The van der Waals surface area contributed by atoms with E-state index in [-0.39, 0.29) is 5.82 Å². The Bertz CT molecular complexity index is 747. The van der Waals surface area contributed by atoms with Gasteiger partial charge in [-0.2, -0.15) is 0 Å². The maximum atomic E-state index is 13.3. The number of hydrogen-bond donors (Lipinski definition) is 0. The molecule has 0 unspecified atom stereocenters. The molecule has 0 radical (unpaired) electrons. The molecule has 1 saturated heterocycles. The smallest absolute Gasteiger partial charge is 0.123 e. The van der Waals surface area contributed by atoms with E-state index in [1.54, 1.807) is 12.1 Å². The molecule has 0 bridgehead atoms. The Morgan fingerprint density at radius 3 is 2.06 bits per heavy atom. The van der Waals surface area contributed by atoms with Gasteiger partial charge in [-0.25, -0.2) is 4.39 Å². The Hall–Kier alpha value is -1.91. The normalized spacial score (nSPS) is 15.5. The predicted octanol–water partition coefficient (Wildman–Crippen LogP) is 5.94. The van der Waals surface area contributed by atoms with Crippen LogP contribution in [0, 0.1) is 5.82 Å². The van der Waals surface area contributed by atoms with Crippen LogP contribution in [-0.4, -0.2) is 48.6 Å². The second-order valence-electron chi connectivity index (χ2n) is 8.80. The van der Waals surface area contributed by atoms with Crippen LogP contribution < -0.4 is 4.90 Å². The molecular formula is C27H40FN3. The molecule has 2 aromatic carbocycles. The molecule has 0 atom stereocenters. The molecule has 1 heterocycles. The lowest BCUT2D eigenvalue weighted by molar-refractivity contribution is 0.0977. The predicted molar refractivity (Wildman–Crippen MR) is 130 cm³/mol. The van der Waals surface area contributed by atoms with Crippen molar-refractivity contribution in [1.82, 2.24) is 9.80 Å². The molecule has 1 aliphatic heterocycles. The molecule has 0 aromatic heterocycles. The van der Waals surface area contributed by atoms with E-state index >= 15 is 0 Å². The molecule has 4 heteroatoms. The summed E-state index contributed by atoms with van der Waals surface area (Å²) in [6.45, 7) is 14.2. The molecule has 0 N–H and O–H groups in total. The van der Waals surface area contributed by atoms with Crippen LogP contribution >= 0.6 is 0 Å². The summed E-state index contributed by atoms with van der Waals surface area (Å²) in [5.74, 6) is -0.151. The summed E-state index contributed by atoms with van der Waals surface area (Å²) in [5, 5.41) is 0. The van der Waals surface area contributed by atoms with Crippen molar-refractivity contribution in [2.75, 3.05) is 37.6 Å². The first-order chi connectivity index (χ1) is 15.1. The van der Waals surface area contributed by atoms with Crippen molar-refractivity contribution >= 4 is 5.69 Å². The minimum atomic E-state index is -0.151. The van der Waals surface area contributed by atoms with Crippen LogP contribution in [0.4, 0.5) is 10.1 Å². The number of likely N-dealkylation sites (tertiary alicyclic amines) is 1. The highest BCUT2D eigenvalue weighted by molar-refractivity contribution is 5.47. The lowest BCUT2D eigenvalue weighted by Crippen LogP contribution is -2.44. The fourth-order valence-corrected chi connectivity index (χ4v) is 4.68. The molecule has 0 amide bonds. The number of nitrogens with zero attached hydrogens (tertiary/aromatic N) is 3. The first-order valence-electron chi connectivity index (χ1n) is 12.2. The monoisotopic (exact) mass is 425 g/mol. The Balaban J connectivity index is 1.53. The van der Waals surface area contributed by atoms with E-state index in [0.29, 0.717) is 6.04 Å². The van der Waals surface area contributed by atoms with E-state index in [1.807, 2.05) is 12.1 Å². The first-order valence-corrected chi connectivity index (χ1v) is 12.2. The van der Waals surface area contributed by atoms with Gasteiger partial charge in [0.25, 0.3) is 0 Å². The van der Waals surface area contributed by atoms with Crippen molar-refractivity contribution in [2.45, 2.75) is 65.6 Å². The average Bonchev–Trinajstić information content (AvgIpc) is 2.80. The van der Waals surface area contributed by atoms with Crippen LogP contribution in [0.3, 0.4) is 0 Å². The van der Waals surface area contributed by atoms with Gasteiger partial charge in [-0.3, -0.25) is 9.80 Å². The second kappa shape index (κ2) is 12.2. The van der Waals surface area contributed by atoms with Crippen LogP contribution in [0.1, 0.15) is 57.6 Å². The highest BCUT2D eigenvalue weighted by Crippen LogP contribution is 2.22. The van der Waals surface area contributed by atoms with E-state index < -0.39 is 0 Å². The summed E-state index contributed by atoms with van der Waals surface area (Å²) < 4.78 is 13.3. The summed E-state index contributed by atoms with van der Waals surface area (Å²) in [6.07, 6.45) is 4.85. The van der Waals surface area contributed by atoms with Crippen molar-refractivity contribution < 1.29 is 4.39 Å². The molecule has 0 spiro atoms. The zero-order valence-corrected chi connectivity index (χ0v) is 19.7. The van der Waals surface area contributed by atoms with Gasteiger partial charge in [0, 0.05) is 37.9 Å². The molecule has 1 aliphatic rings. The van der Waals surface area contributed by atoms with Gasteiger partial charge in [0.05, 0.1) is 0 Å². The van der Waals surface area contributed by atoms with E-state index in [2.05, 4.69) is 59.7 Å². The largest absolute Gasteiger partial charge is 0.372 e. The lowest BCUT2D eigenvalue weighted by Gasteiger charge is -2.39. The Morgan fingerprint density at radius 2 is 1.48 bits per heavy atom. The minimum Gasteiger partial charge on any atom is -0.372 e. The summed E-state index contributed by atoms with van der Waals surface area (Å²) in [6, 6.07) is 16.8. The first kappa shape index (κ1) is 23.7. The molecule has 2 aromatic rings. The fraction of sp³-hybridized carbons (Fsp3) is 0.556. The average molecular weight is 426 g/mol. The van der Waals surface area contributed by atoms with E-state index in [9.17, 15) is 4.39 Å². The Morgan fingerprint density at radius 1 is 0.871 bits per heavy atom. The fourth-order valence-electron chi connectivity index (χ4n) is 4.68. The SMILES string of the molecule is CCCCN(Cc1ccc(F)cc1)C1CCN(Cc2ccc(N(CC)CC)cc2)CC1.